The lowest BCUT2D eigenvalue weighted by Gasteiger charge is -2.06. The fourth-order valence-corrected chi connectivity index (χ4v) is 3.76. The average Bonchev–Trinajstić information content (AvgIpc) is 3.04. The van der Waals surface area contributed by atoms with Crippen LogP contribution in [0.3, 0.4) is 0 Å². The first-order chi connectivity index (χ1) is 13.4. The van der Waals surface area contributed by atoms with E-state index in [4.69, 9.17) is 11.6 Å². The molecule has 0 aliphatic rings. The van der Waals surface area contributed by atoms with Crippen molar-refractivity contribution in [2.75, 3.05) is 11.9 Å². The second-order valence-corrected chi connectivity index (χ2v) is 7.88. The van der Waals surface area contributed by atoms with Crippen molar-refractivity contribution in [3.05, 3.63) is 69.7 Å². The lowest BCUT2D eigenvalue weighted by atomic mass is 10.2. The van der Waals surface area contributed by atoms with Crippen molar-refractivity contribution in [2.45, 2.75) is 20.3 Å². The Morgan fingerprint density at radius 1 is 1.00 bits per heavy atom. The number of aryl methyl sites for hydroxylation is 2. The molecule has 0 saturated heterocycles. The van der Waals surface area contributed by atoms with Crippen LogP contribution in [-0.4, -0.2) is 23.3 Å². The zero-order chi connectivity index (χ0) is 20.1. The van der Waals surface area contributed by atoms with Gasteiger partial charge < -0.3 is 10.6 Å². The second kappa shape index (κ2) is 8.99. The molecule has 0 radical (unpaired) electrons. The molecule has 7 heteroatoms. The number of benzene rings is 2. The molecule has 3 aromatic rings. The number of hydrogen-bond donors (Lipinski definition) is 2. The Hall–Kier alpha value is -2.70. The molecule has 0 saturated carbocycles. The molecule has 1 heterocycles. The van der Waals surface area contributed by atoms with E-state index >= 15 is 0 Å². The monoisotopic (exact) mass is 413 g/mol. The van der Waals surface area contributed by atoms with Gasteiger partial charge in [0, 0.05) is 34.1 Å². The predicted molar refractivity (Wildman–Crippen MR) is 114 cm³/mol. The summed E-state index contributed by atoms with van der Waals surface area (Å²) in [6.07, 6.45) is 0.620. The van der Waals surface area contributed by atoms with Gasteiger partial charge in [-0.2, -0.15) is 0 Å². The zero-order valence-electron chi connectivity index (χ0n) is 15.6. The molecule has 0 atom stereocenters. The Morgan fingerprint density at radius 3 is 2.36 bits per heavy atom. The lowest BCUT2D eigenvalue weighted by molar-refractivity contribution is -0.136. The maximum absolute atomic E-state index is 12.0. The standard InChI is InChI=1S/C21H20ClN3O2S/c1-13-3-5-15(6-4-13)21-24-14(2)18(28-21)11-12-23-19(26)20(27)25-17-9-7-16(22)8-10-17/h3-10H,11-12H2,1-2H3,(H,23,26)(H,25,27). The Balaban J connectivity index is 1.53. The Morgan fingerprint density at radius 2 is 1.68 bits per heavy atom. The van der Waals surface area contributed by atoms with E-state index < -0.39 is 11.8 Å². The summed E-state index contributed by atoms with van der Waals surface area (Å²) in [5.41, 5.74) is 3.75. The van der Waals surface area contributed by atoms with Crippen LogP contribution in [0.2, 0.25) is 5.02 Å². The van der Waals surface area contributed by atoms with Crippen molar-refractivity contribution in [2.24, 2.45) is 0 Å². The minimum Gasteiger partial charge on any atom is -0.347 e. The van der Waals surface area contributed by atoms with Gasteiger partial charge in [-0.25, -0.2) is 4.98 Å². The van der Waals surface area contributed by atoms with Crippen LogP contribution in [0.15, 0.2) is 48.5 Å². The van der Waals surface area contributed by atoms with Gasteiger partial charge in [0.05, 0.1) is 5.69 Å². The van der Waals surface area contributed by atoms with Gasteiger partial charge >= 0.3 is 11.8 Å². The van der Waals surface area contributed by atoms with Gasteiger partial charge in [0.2, 0.25) is 0 Å². The topological polar surface area (TPSA) is 71.1 Å². The molecule has 0 aliphatic carbocycles. The Kier molecular flexibility index (Phi) is 6.44. The van der Waals surface area contributed by atoms with Crippen LogP contribution in [0.1, 0.15) is 16.1 Å². The molecule has 1 aromatic heterocycles. The van der Waals surface area contributed by atoms with Crippen LogP contribution in [0.5, 0.6) is 0 Å². The molecule has 0 aliphatic heterocycles. The van der Waals surface area contributed by atoms with Crippen LogP contribution in [0.25, 0.3) is 10.6 Å². The summed E-state index contributed by atoms with van der Waals surface area (Å²) >= 11 is 7.41. The molecule has 28 heavy (non-hydrogen) atoms. The molecular formula is C21H20ClN3O2S. The second-order valence-electron chi connectivity index (χ2n) is 6.36. The van der Waals surface area contributed by atoms with Crippen LogP contribution in [0, 0.1) is 13.8 Å². The highest BCUT2D eigenvalue weighted by Gasteiger charge is 2.14. The van der Waals surface area contributed by atoms with Gasteiger partial charge in [-0.15, -0.1) is 11.3 Å². The van der Waals surface area contributed by atoms with E-state index in [1.165, 1.54) is 5.56 Å². The third-order valence-electron chi connectivity index (χ3n) is 4.14. The highest BCUT2D eigenvalue weighted by Crippen LogP contribution is 2.28. The van der Waals surface area contributed by atoms with E-state index in [1.807, 2.05) is 13.8 Å². The van der Waals surface area contributed by atoms with Crippen LogP contribution < -0.4 is 10.6 Å². The highest BCUT2D eigenvalue weighted by atomic mass is 35.5. The molecule has 0 fully saturated rings. The van der Waals surface area contributed by atoms with E-state index in [0.29, 0.717) is 23.7 Å². The van der Waals surface area contributed by atoms with Crippen molar-refractivity contribution < 1.29 is 9.59 Å². The molecule has 2 aromatic carbocycles. The lowest BCUT2D eigenvalue weighted by Crippen LogP contribution is -2.36. The fraction of sp³-hybridized carbons (Fsp3) is 0.190. The number of hydrogen-bond acceptors (Lipinski definition) is 4. The molecule has 2 amide bonds. The van der Waals surface area contributed by atoms with Gasteiger partial charge in [0.25, 0.3) is 0 Å². The number of carbonyl (C=O) groups is 2. The largest absolute Gasteiger partial charge is 0.347 e. The van der Waals surface area contributed by atoms with Gasteiger partial charge in [-0.1, -0.05) is 41.4 Å². The average molecular weight is 414 g/mol. The number of thiazole rings is 1. The number of halogens is 1. The summed E-state index contributed by atoms with van der Waals surface area (Å²) in [5, 5.41) is 6.71. The van der Waals surface area contributed by atoms with Crippen molar-refractivity contribution >= 4 is 40.4 Å². The minimum atomic E-state index is -0.705. The van der Waals surface area contributed by atoms with Crippen molar-refractivity contribution in [1.29, 1.82) is 0 Å². The SMILES string of the molecule is Cc1ccc(-c2nc(C)c(CCNC(=O)C(=O)Nc3ccc(Cl)cc3)s2)cc1. The van der Waals surface area contributed by atoms with Crippen molar-refractivity contribution in [3.8, 4) is 10.6 Å². The van der Waals surface area contributed by atoms with Gasteiger partial charge in [0.15, 0.2) is 0 Å². The summed E-state index contributed by atoms with van der Waals surface area (Å²) in [7, 11) is 0. The molecule has 0 spiro atoms. The fourth-order valence-electron chi connectivity index (χ4n) is 2.57. The quantitative estimate of drug-likeness (QED) is 0.610. The molecular weight excluding hydrogens is 394 g/mol. The number of aromatic nitrogens is 1. The van der Waals surface area contributed by atoms with Gasteiger partial charge in [0.1, 0.15) is 5.01 Å². The molecule has 3 rings (SSSR count). The maximum Gasteiger partial charge on any atom is 0.313 e. The summed E-state index contributed by atoms with van der Waals surface area (Å²) in [4.78, 5) is 29.7. The number of rotatable bonds is 5. The Bertz CT molecular complexity index is 982. The summed E-state index contributed by atoms with van der Waals surface area (Å²) in [6, 6.07) is 14.8. The van der Waals surface area contributed by atoms with Crippen molar-refractivity contribution in [1.82, 2.24) is 10.3 Å². The summed E-state index contributed by atoms with van der Waals surface area (Å²) in [6.45, 7) is 4.37. The number of nitrogens with zero attached hydrogens (tertiary/aromatic N) is 1. The van der Waals surface area contributed by atoms with E-state index in [2.05, 4.69) is 39.9 Å². The third-order valence-corrected chi connectivity index (χ3v) is 5.66. The first-order valence-electron chi connectivity index (χ1n) is 8.80. The zero-order valence-corrected chi connectivity index (χ0v) is 17.2. The number of anilines is 1. The first-order valence-corrected chi connectivity index (χ1v) is 10.00. The molecule has 5 nitrogen and oxygen atoms in total. The molecule has 2 N–H and O–H groups in total. The molecule has 0 bridgehead atoms. The van der Waals surface area contributed by atoms with Crippen LogP contribution in [0.4, 0.5) is 5.69 Å². The molecule has 144 valence electrons. The summed E-state index contributed by atoms with van der Waals surface area (Å²) < 4.78 is 0. The molecule has 0 unspecified atom stereocenters. The smallest absolute Gasteiger partial charge is 0.313 e. The van der Waals surface area contributed by atoms with Gasteiger partial charge in [-0.05, 0) is 38.1 Å². The van der Waals surface area contributed by atoms with E-state index in [9.17, 15) is 9.59 Å². The first kappa shape index (κ1) is 20.0. The highest BCUT2D eigenvalue weighted by molar-refractivity contribution is 7.15. The third kappa shape index (κ3) is 5.18. The number of carbonyl (C=O) groups excluding carboxylic acids is 2. The predicted octanol–water partition coefficient (Wildman–Crippen LogP) is 4.38. The van der Waals surface area contributed by atoms with Crippen molar-refractivity contribution in [3.63, 3.8) is 0 Å². The van der Waals surface area contributed by atoms with Crippen LogP contribution >= 0.6 is 22.9 Å². The van der Waals surface area contributed by atoms with Gasteiger partial charge in [-0.3, -0.25) is 9.59 Å². The number of nitrogens with one attached hydrogen (secondary N) is 2. The van der Waals surface area contributed by atoms with E-state index in [1.54, 1.807) is 35.6 Å². The number of amides is 2. The normalized spacial score (nSPS) is 10.5. The van der Waals surface area contributed by atoms with E-state index in [-0.39, 0.29) is 0 Å². The minimum absolute atomic E-state index is 0.364. The Labute approximate surface area is 172 Å². The summed E-state index contributed by atoms with van der Waals surface area (Å²) in [5.74, 6) is -1.38. The maximum atomic E-state index is 12.0. The van der Waals surface area contributed by atoms with Crippen LogP contribution in [-0.2, 0) is 16.0 Å². The van der Waals surface area contributed by atoms with E-state index in [0.717, 1.165) is 21.1 Å².